The first-order valence-electron chi connectivity index (χ1n) is 6.20. The van der Waals surface area contributed by atoms with E-state index in [1.807, 2.05) is 24.3 Å². The highest BCUT2D eigenvalue weighted by Crippen LogP contribution is 2.17. The van der Waals surface area contributed by atoms with Crippen LogP contribution in [0, 0.1) is 5.41 Å². The van der Waals surface area contributed by atoms with Crippen LogP contribution in [0.1, 0.15) is 19.4 Å². The van der Waals surface area contributed by atoms with E-state index in [4.69, 9.17) is 5.11 Å². The molecule has 0 aliphatic heterocycles. The maximum Gasteiger partial charge on any atom is 0.317 e. The number of rotatable bonds is 5. The number of carboxylic acids is 1. The SMILES string of the molecule is CN(Cc1ccccc1Br)C(=O)NCC(C)(C)C(=O)O. The van der Waals surface area contributed by atoms with Gasteiger partial charge in [-0.15, -0.1) is 0 Å². The Bertz CT molecular complexity index is 503. The third-order valence-electron chi connectivity index (χ3n) is 2.97. The molecule has 0 atom stereocenters. The Kier molecular flexibility index (Phi) is 5.56. The summed E-state index contributed by atoms with van der Waals surface area (Å²) in [5, 5.41) is 11.6. The van der Waals surface area contributed by atoms with E-state index >= 15 is 0 Å². The van der Waals surface area contributed by atoms with Crippen LogP contribution in [0.3, 0.4) is 0 Å². The highest BCUT2D eigenvalue weighted by atomic mass is 79.9. The number of amides is 2. The Labute approximate surface area is 127 Å². The van der Waals surface area contributed by atoms with Gasteiger partial charge in [0.05, 0.1) is 5.41 Å². The van der Waals surface area contributed by atoms with Crippen molar-refractivity contribution in [3.8, 4) is 0 Å². The summed E-state index contributed by atoms with van der Waals surface area (Å²) in [7, 11) is 1.67. The lowest BCUT2D eigenvalue weighted by atomic mass is 9.94. The van der Waals surface area contributed by atoms with Gasteiger partial charge in [0.1, 0.15) is 0 Å². The highest BCUT2D eigenvalue weighted by molar-refractivity contribution is 9.10. The average molecular weight is 343 g/mol. The first kappa shape index (κ1) is 16.5. The summed E-state index contributed by atoms with van der Waals surface area (Å²) in [6.07, 6.45) is 0. The number of carbonyl (C=O) groups is 2. The maximum absolute atomic E-state index is 11.9. The Hall–Kier alpha value is -1.56. The number of carbonyl (C=O) groups excluding carboxylic acids is 1. The van der Waals surface area contributed by atoms with E-state index in [9.17, 15) is 9.59 Å². The van der Waals surface area contributed by atoms with E-state index in [0.29, 0.717) is 6.54 Å². The van der Waals surface area contributed by atoms with Gasteiger partial charge in [0.25, 0.3) is 0 Å². The number of urea groups is 1. The van der Waals surface area contributed by atoms with Gasteiger partial charge in [0, 0.05) is 24.6 Å². The molecule has 0 radical (unpaired) electrons. The molecule has 110 valence electrons. The molecule has 0 aliphatic rings. The van der Waals surface area contributed by atoms with E-state index in [-0.39, 0.29) is 12.6 Å². The van der Waals surface area contributed by atoms with Gasteiger partial charge in [0.2, 0.25) is 0 Å². The van der Waals surface area contributed by atoms with Crippen LogP contribution >= 0.6 is 15.9 Å². The molecule has 0 saturated carbocycles. The van der Waals surface area contributed by atoms with Gasteiger partial charge in [-0.3, -0.25) is 4.79 Å². The van der Waals surface area contributed by atoms with Crippen molar-refractivity contribution in [1.29, 1.82) is 0 Å². The van der Waals surface area contributed by atoms with Crippen molar-refractivity contribution in [2.75, 3.05) is 13.6 Å². The predicted molar refractivity (Wildman–Crippen MR) is 80.4 cm³/mol. The zero-order valence-electron chi connectivity index (χ0n) is 11.8. The van der Waals surface area contributed by atoms with Gasteiger partial charge in [-0.05, 0) is 25.5 Å². The smallest absolute Gasteiger partial charge is 0.317 e. The summed E-state index contributed by atoms with van der Waals surface area (Å²) >= 11 is 3.43. The molecule has 1 rings (SSSR count). The van der Waals surface area contributed by atoms with Crippen molar-refractivity contribution >= 4 is 27.9 Å². The van der Waals surface area contributed by atoms with Crippen LogP contribution in [0.25, 0.3) is 0 Å². The highest BCUT2D eigenvalue weighted by Gasteiger charge is 2.28. The first-order valence-corrected chi connectivity index (χ1v) is 6.99. The fourth-order valence-electron chi connectivity index (χ4n) is 1.46. The Morgan fingerprint density at radius 3 is 2.50 bits per heavy atom. The Morgan fingerprint density at radius 1 is 1.35 bits per heavy atom. The molecular weight excluding hydrogens is 324 g/mol. The van der Waals surface area contributed by atoms with Crippen molar-refractivity contribution in [3.63, 3.8) is 0 Å². The average Bonchev–Trinajstić information content (AvgIpc) is 2.38. The molecule has 1 aromatic rings. The maximum atomic E-state index is 11.9. The lowest BCUT2D eigenvalue weighted by molar-refractivity contribution is -0.146. The fourth-order valence-corrected chi connectivity index (χ4v) is 1.87. The molecule has 0 unspecified atom stereocenters. The number of hydrogen-bond acceptors (Lipinski definition) is 2. The molecule has 20 heavy (non-hydrogen) atoms. The molecule has 0 heterocycles. The summed E-state index contributed by atoms with van der Waals surface area (Å²) in [6, 6.07) is 7.35. The van der Waals surface area contributed by atoms with Gasteiger partial charge in [0.15, 0.2) is 0 Å². The summed E-state index contributed by atoms with van der Waals surface area (Å²) in [5.74, 6) is -0.939. The second-order valence-electron chi connectivity index (χ2n) is 5.30. The number of benzene rings is 1. The van der Waals surface area contributed by atoms with Crippen molar-refractivity contribution in [3.05, 3.63) is 34.3 Å². The summed E-state index contributed by atoms with van der Waals surface area (Å²) in [4.78, 5) is 24.4. The van der Waals surface area contributed by atoms with Crippen LogP contribution < -0.4 is 5.32 Å². The predicted octanol–water partition coefficient (Wildman–Crippen LogP) is 2.70. The van der Waals surface area contributed by atoms with E-state index < -0.39 is 11.4 Å². The van der Waals surface area contributed by atoms with Crippen molar-refractivity contribution in [2.45, 2.75) is 20.4 Å². The summed E-state index contributed by atoms with van der Waals surface area (Å²) < 4.78 is 0.936. The van der Waals surface area contributed by atoms with Crippen LogP contribution in [0.15, 0.2) is 28.7 Å². The molecule has 1 aromatic carbocycles. The van der Waals surface area contributed by atoms with Gasteiger partial charge < -0.3 is 15.3 Å². The normalized spacial score (nSPS) is 11.0. The zero-order valence-corrected chi connectivity index (χ0v) is 13.4. The lowest BCUT2D eigenvalue weighted by Gasteiger charge is -2.23. The minimum absolute atomic E-state index is 0.0848. The van der Waals surface area contributed by atoms with Crippen LogP contribution in [0.2, 0.25) is 0 Å². The fraction of sp³-hybridized carbons (Fsp3) is 0.429. The van der Waals surface area contributed by atoms with Gasteiger partial charge in [-0.2, -0.15) is 0 Å². The Morgan fingerprint density at radius 2 is 1.95 bits per heavy atom. The van der Waals surface area contributed by atoms with Crippen LogP contribution in [0.5, 0.6) is 0 Å². The molecule has 5 nitrogen and oxygen atoms in total. The molecule has 0 aliphatic carbocycles. The van der Waals surface area contributed by atoms with E-state index in [2.05, 4.69) is 21.2 Å². The first-order chi connectivity index (χ1) is 9.24. The second-order valence-corrected chi connectivity index (χ2v) is 6.15. The minimum Gasteiger partial charge on any atom is -0.481 e. The molecule has 0 aromatic heterocycles. The van der Waals surface area contributed by atoms with Gasteiger partial charge in [-0.25, -0.2) is 4.79 Å². The van der Waals surface area contributed by atoms with Crippen molar-refractivity contribution < 1.29 is 14.7 Å². The van der Waals surface area contributed by atoms with Crippen molar-refractivity contribution in [2.24, 2.45) is 5.41 Å². The minimum atomic E-state index is -0.982. The standard InChI is InChI=1S/C14H19BrN2O3/c1-14(2,12(18)19)9-16-13(20)17(3)8-10-6-4-5-7-11(10)15/h4-7H,8-9H2,1-3H3,(H,16,20)(H,18,19). The summed E-state index contributed by atoms with van der Waals surface area (Å²) in [5.41, 5.74) is 0.00625. The molecule has 0 saturated heterocycles. The van der Waals surface area contributed by atoms with E-state index in [0.717, 1.165) is 10.0 Å². The zero-order chi connectivity index (χ0) is 15.3. The number of halogens is 1. The topological polar surface area (TPSA) is 69.6 Å². The Balaban J connectivity index is 2.56. The number of carboxylic acid groups (broad SMARTS) is 1. The van der Waals surface area contributed by atoms with E-state index in [1.54, 1.807) is 20.9 Å². The monoisotopic (exact) mass is 342 g/mol. The number of hydrogen-bond donors (Lipinski definition) is 2. The van der Waals surface area contributed by atoms with Gasteiger partial charge in [-0.1, -0.05) is 34.1 Å². The lowest BCUT2D eigenvalue weighted by Crippen LogP contribution is -2.44. The quantitative estimate of drug-likeness (QED) is 0.864. The molecule has 6 heteroatoms. The van der Waals surface area contributed by atoms with Crippen LogP contribution in [-0.2, 0) is 11.3 Å². The third-order valence-corrected chi connectivity index (χ3v) is 3.75. The van der Waals surface area contributed by atoms with Gasteiger partial charge >= 0.3 is 12.0 Å². The second kappa shape index (κ2) is 6.74. The van der Waals surface area contributed by atoms with Crippen LogP contribution in [-0.4, -0.2) is 35.6 Å². The number of aliphatic carboxylic acids is 1. The number of nitrogens with one attached hydrogen (secondary N) is 1. The molecule has 2 amide bonds. The largest absolute Gasteiger partial charge is 0.481 e. The molecule has 0 spiro atoms. The summed E-state index contributed by atoms with van der Waals surface area (Å²) in [6.45, 7) is 3.68. The molecule has 2 N–H and O–H groups in total. The molecule has 0 fully saturated rings. The molecular formula is C14H19BrN2O3. The van der Waals surface area contributed by atoms with Crippen molar-refractivity contribution in [1.82, 2.24) is 10.2 Å². The van der Waals surface area contributed by atoms with Crippen LogP contribution in [0.4, 0.5) is 4.79 Å². The molecule has 0 bridgehead atoms. The van der Waals surface area contributed by atoms with E-state index in [1.165, 1.54) is 4.90 Å². The third kappa shape index (κ3) is 4.52. The number of nitrogens with zero attached hydrogens (tertiary/aromatic N) is 1.